The zero-order valence-corrected chi connectivity index (χ0v) is 24.5. The summed E-state index contributed by atoms with van der Waals surface area (Å²) in [6.07, 6.45) is 7.56. The number of hydrogen-bond acceptors (Lipinski definition) is 9. The number of imidazole rings is 1. The lowest BCUT2D eigenvalue weighted by Crippen LogP contribution is -2.16. The molecule has 3 aromatic carbocycles. The predicted molar refractivity (Wildman–Crippen MR) is 165 cm³/mol. The Morgan fingerprint density at radius 1 is 0.826 bits per heavy atom. The average Bonchev–Trinajstić information content (AvgIpc) is 3.50. The van der Waals surface area contributed by atoms with Crippen LogP contribution in [0.15, 0.2) is 96.8 Å². The number of hydrogen-bond donors (Lipinski definition) is 2. The lowest BCUT2D eigenvalue weighted by atomic mass is 10.1. The Bertz CT molecular complexity index is 2410. The molecule has 0 bridgehead atoms. The molecule has 4 aromatic heterocycles. The first-order valence-corrected chi connectivity index (χ1v) is 15.1. The molecule has 0 unspecified atom stereocenters. The summed E-state index contributed by atoms with van der Waals surface area (Å²) >= 11 is 0. The summed E-state index contributed by atoms with van der Waals surface area (Å²) in [5.74, 6) is -2.94. The number of rotatable bonds is 7. The van der Waals surface area contributed by atoms with E-state index in [-0.39, 0.29) is 28.4 Å². The fourth-order valence-electron chi connectivity index (χ4n) is 4.95. The Kier molecular flexibility index (Phi) is 7.01. The van der Waals surface area contributed by atoms with Crippen molar-refractivity contribution >= 4 is 49.3 Å². The van der Waals surface area contributed by atoms with Gasteiger partial charge in [0.05, 0.1) is 27.8 Å². The van der Waals surface area contributed by atoms with Crippen molar-refractivity contribution in [3.05, 3.63) is 115 Å². The van der Waals surface area contributed by atoms with Crippen LogP contribution in [0.25, 0.3) is 39.1 Å². The van der Waals surface area contributed by atoms with E-state index in [1.807, 2.05) is 30.3 Å². The van der Waals surface area contributed by atoms with Crippen LogP contribution in [-0.4, -0.2) is 42.9 Å². The predicted octanol–water partition coefficient (Wildman–Crippen LogP) is 6.09. The van der Waals surface area contributed by atoms with E-state index in [2.05, 4.69) is 39.9 Å². The van der Waals surface area contributed by atoms with E-state index in [1.165, 1.54) is 25.3 Å². The highest BCUT2D eigenvalue weighted by Crippen LogP contribution is 2.33. The van der Waals surface area contributed by atoms with Gasteiger partial charge in [0.25, 0.3) is 10.0 Å². The fraction of sp³-hybridized carbons (Fsp3) is 0.0323. The van der Waals surface area contributed by atoms with Gasteiger partial charge in [-0.2, -0.15) is 0 Å². The third-order valence-corrected chi connectivity index (χ3v) is 8.73. The Hall–Kier alpha value is -5.96. The molecule has 0 aliphatic heterocycles. The van der Waals surface area contributed by atoms with E-state index in [9.17, 15) is 12.8 Å². The molecule has 0 spiro atoms. The number of sulfonamides is 1. The van der Waals surface area contributed by atoms with Gasteiger partial charge in [-0.1, -0.05) is 24.3 Å². The molecule has 7 rings (SSSR count). The van der Waals surface area contributed by atoms with Crippen molar-refractivity contribution < 1.29 is 21.6 Å². The first kappa shape index (κ1) is 28.8. The second kappa shape index (κ2) is 11.2. The Morgan fingerprint density at radius 2 is 1.67 bits per heavy atom. The largest absolute Gasteiger partial charge is 0.333 e. The van der Waals surface area contributed by atoms with E-state index in [0.717, 1.165) is 35.7 Å². The molecule has 0 amide bonds. The number of halogens is 3. The van der Waals surface area contributed by atoms with E-state index in [1.54, 1.807) is 23.3 Å². The molecule has 11 nitrogen and oxygen atoms in total. The van der Waals surface area contributed by atoms with E-state index < -0.39 is 43.7 Å². The lowest BCUT2D eigenvalue weighted by molar-refractivity contribution is 0.585. The van der Waals surface area contributed by atoms with Gasteiger partial charge < -0.3 is 5.32 Å². The summed E-state index contributed by atoms with van der Waals surface area (Å²) in [6, 6.07) is 14.7. The van der Waals surface area contributed by atoms with Crippen molar-refractivity contribution in [3.8, 4) is 17.1 Å². The lowest BCUT2D eigenvalue weighted by Gasteiger charge is -2.15. The minimum atomic E-state index is -4.43. The number of nitrogens with one attached hydrogen (secondary N) is 2. The minimum absolute atomic E-state index is 0.0760. The van der Waals surface area contributed by atoms with Crippen LogP contribution in [0.1, 0.15) is 5.56 Å². The second-order valence-electron chi connectivity index (χ2n) is 10.0. The Morgan fingerprint density at radius 3 is 2.50 bits per heavy atom. The molecule has 4 heterocycles. The van der Waals surface area contributed by atoms with Gasteiger partial charge in [0.1, 0.15) is 41.0 Å². The highest BCUT2D eigenvalue weighted by Gasteiger charge is 2.24. The maximum Gasteiger partial charge on any atom is 0.262 e. The Balaban J connectivity index is 1.27. The van der Waals surface area contributed by atoms with Crippen molar-refractivity contribution in [1.29, 1.82) is 0 Å². The molecule has 15 heteroatoms. The molecule has 0 aliphatic rings. The number of benzene rings is 3. The van der Waals surface area contributed by atoms with Crippen molar-refractivity contribution in [1.82, 2.24) is 34.5 Å². The number of anilines is 3. The number of para-hydroxylation sites is 1. The monoisotopic (exact) mass is 639 g/mol. The van der Waals surface area contributed by atoms with Crippen LogP contribution in [0.3, 0.4) is 0 Å². The highest BCUT2D eigenvalue weighted by molar-refractivity contribution is 7.92. The van der Waals surface area contributed by atoms with Gasteiger partial charge in [0.15, 0.2) is 11.6 Å². The third kappa shape index (κ3) is 5.01. The first-order chi connectivity index (χ1) is 22.2. The molecular formula is C31H20F3N9O2S. The Labute approximate surface area is 258 Å². The molecule has 46 heavy (non-hydrogen) atoms. The molecule has 0 fully saturated rings. The molecule has 2 N–H and O–H groups in total. The standard InChI is InChI=1S/C31H20F3N9O2S/c1-17-20(32)7-3-9-25(17)46(44,45)42-22-11-10-21(33)28(26(22)34)40-30-29-23(37-15-38-30)14-36-31(41-29)43-16-39-27-19(6-2-8-24(27)43)18-5-4-12-35-13-18/h2-16,42H,1H3,(H,37,38,40). The van der Waals surface area contributed by atoms with Gasteiger partial charge in [-0.15, -0.1) is 0 Å². The summed E-state index contributed by atoms with van der Waals surface area (Å²) in [5.41, 5.74) is 2.05. The topological polar surface area (TPSA) is 140 Å². The van der Waals surface area contributed by atoms with Gasteiger partial charge >= 0.3 is 0 Å². The molecule has 0 saturated carbocycles. The normalized spacial score (nSPS) is 11.7. The first-order valence-electron chi connectivity index (χ1n) is 13.6. The van der Waals surface area contributed by atoms with Gasteiger partial charge in [-0.05, 0) is 43.3 Å². The van der Waals surface area contributed by atoms with Gasteiger partial charge in [-0.25, -0.2) is 46.5 Å². The summed E-state index contributed by atoms with van der Waals surface area (Å²) in [4.78, 5) is 25.7. The van der Waals surface area contributed by atoms with Crippen LogP contribution >= 0.6 is 0 Å². The van der Waals surface area contributed by atoms with Crippen molar-refractivity contribution in [3.63, 3.8) is 0 Å². The SMILES string of the molecule is Cc1c(F)cccc1S(=O)(=O)Nc1ccc(F)c(Nc2ncnc3cnc(-n4cnc5c(-c6cccnc6)cccc54)nc23)c1F. The zero-order chi connectivity index (χ0) is 32.0. The number of pyridine rings is 1. The van der Waals surface area contributed by atoms with Gasteiger partial charge in [-0.3, -0.25) is 14.3 Å². The fourth-order valence-corrected chi connectivity index (χ4v) is 6.26. The maximum absolute atomic E-state index is 15.7. The minimum Gasteiger partial charge on any atom is -0.333 e. The van der Waals surface area contributed by atoms with Crippen LogP contribution in [0.4, 0.5) is 30.4 Å². The molecule has 0 saturated heterocycles. The molecule has 0 radical (unpaired) electrons. The second-order valence-corrected chi connectivity index (χ2v) is 11.7. The molecule has 7 aromatic rings. The van der Waals surface area contributed by atoms with Crippen LogP contribution in [0.5, 0.6) is 0 Å². The van der Waals surface area contributed by atoms with Gasteiger partial charge in [0, 0.05) is 29.1 Å². The van der Waals surface area contributed by atoms with Gasteiger partial charge in [0.2, 0.25) is 5.95 Å². The maximum atomic E-state index is 15.7. The number of aromatic nitrogens is 7. The van der Waals surface area contributed by atoms with E-state index >= 15 is 8.78 Å². The molecular weight excluding hydrogens is 619 g/mol. The van der Waals surface area contributed by atoms with Crippen molar-refractivity contribution in [2.45, 2.75) is 11.8 Å². The van der Waals surface area contributed by atoms with E-state index in [4.69, 9.17) is 0 Å². The quantitative estimate of drug-likeness (QED) is 0.212. The highest BCUT2D eigenvalue weighted by atomic mass is 32.2. The zero-order valence-electron chi connectivity index (χ0n) is 23.6. The van der Waals surface area contributed by atoms with Crippen LogP contribution < -0.4 is 10.0 Å². The smallest absolute Gasteiger partial charge is 0.262 e. The van der Waals surface area contributed by atoms with E-state index in [0.29, 0.717) is 11.0 Å². The number of nitrogens with zero attached hydrogens (tertiary/aromatic N) is 7. The summed E-state index contributed by atoms with van der Waals surface area (Å²) < 4.78 is 74.5. The van der Waals surface area contributed by atoms with Crippen molar-refractivity contribution in [2.75, 3.05) is 10.0 Å². The van der Waals surface area contributed by atoms with Crippen LogP contribution in [0.2, 0.25) is 0 Å². The summed E-state index contributed by atoms with van der Waals surface area (Å²) in [6.45, 7) is 1.28. The molecule has 0 aliphatic carbocycles. The third-order valence-electron chi connectivity index (χ3n) is 7.22. The molecule has 0 atom stereocenters. The van der Waals surface area contributed by atoms with Crippen LogP contribution in [0, 0.1) is 24.4 Å². The number of fused-ring (bicyclic) bond motifs is 2. The summed E-state index contributed by atoms with van der Waals surface area (Å²) in [7, 11) is -4.43. The molecule has 228 valence electrons. The van der Waals surface area contributed by atoms with Crippen LogP contribution in [-0.2, 0) is 10.0 Å². The summed E-state index contributed by atoms with van der Waals surface area (Å²) in [5, 5.41) is 2.59. The van der Waals surface area contributed by atoms with Crippen molar-refractivity contribution in [2.24, 2.45) is 0 Å². The average molecular weight is 640 g/mol.